The molecule has 2 aromatic carbocycles. The molecule has 0 radical (unpaired) electrons. The molecule has 0 atom stereocenters. The van der Waals surface area contributed by atoms with Crippen LogP contribution < -0.4 is 5.73 Å². The molecule has 0 aromatic heterocycles. The molecule has 4 nitrogen and oxygen atoms in total. The van der Waals surface area contributed by atoms with Crippen LogP contribution in [0.15, 0.2) is 42.5 Å². The Hall–Kier alpha value is -2.87. The second kappa shape index (κ2) is 5.85. The first-order valence-electron chi connectivity index (χ1n) is 5.81. The van der Waals surface area contributed by atoms with E-state index in [2.05, 4.69) is 0 Å². The molecule has 0 fully saturated rings. The van der Waals surface area contributed by atoms with Gasteiger partial charge in [0.15, 0.2) is 0 Å². The van der Waals surface area contributed by atoms with Crippen molar-refractivity contribution in [2.75, 3.05) is 5.73 Å². The van der Waals surface area contributed by atoms with Crippen LogP contribution in [0.25, 0.3) is 0 Å². The van der Waals surface area contributed by atoms with Gasteiger partial charge in [0, 0.05) is 11.3 Å². The second-order valence-electron chi connectivity index (χ2n) is 4.12. The molecular weight excluding hydrogens is 259 g/mol. The van der Waals surface area contributed by atoms with E-state index in [1.807, 2.05) is 6.07 Å². The molecule has 0 saturated heterocycles. The minimum Gasteiger partial charge on any atom is -0.457 e. The molecule has 2 rings (SSSR count). The maximum absolute atomic E-state index is 13.6. The molecule has 0 heterocycles. The molecule has 0 aliphatic carbocycles. The standard InChI is InChI=1S/C15H11FN2O2/c16-14-6-10(8-17)4-5-12(14)9-20-15(19)11-2-1-3-13(18)7-11/h1-7H,9,18H2. The number of carbonyl (C=O) groups excluding carboxylic acids is 1. The maximum Gasteiger partial charge on any atom is 0.338 e. The fourth-order valence-corrected chi connectivity index (χ4v) is 1.63. The zero-order valence-corrected chi connectivity index (χ0v) is 10.5. The number of anilines is 1. The van der Waals surface area contributed by atoms with Crippen LogP contribution in [0.1, 0.15) is 21.5 Å². The molecule has 2 aromatic rings. The Morgan fingerprint density at radius 3 is 2.75 bits per heavy atom. The second-order valence-corrected chi connectivity index (χ2v) is 4.12. The van der Waals surface area contributed by atoms with E-state index in [0.29, 0.717) is 11.3 Å². The highest BCUT2D eigenvalue weighted by atomic mass is 19.1. The molecule has 5 heteroatoms. The lowest BCUT2D eigenvalue weighted by molar-refractivity contribution is 0.0469. The van der Waals surface area contributed by atoms with Crippen molar-refractivity contribution < 1.29 is 13.9 Å². The summed E-state index contributed by atoms with van der Waals surface area (Å²) in [5.74, 6) is -1.16. The van der Waals surface area contributed by atoms with Crippen molar-refractivity contribution in [1.29, 1.82) is 5.26 Å². The van der Waals surface area contributed by atoms with Crippen molar-refractivity contribution in [3.63, 3.8) is 0 Å². The Balaban J connectivity index is 2.06. The summed E-state index contributed by atoms with van der Waals surface area (Å²) in [6, 6.07) is 12.1. The summed E-state index contributed by atoms with van der Waals surface area (Å²) < 4.78 is 18.6. The Bertz CT molecular complexity index is 693. The third kappa shape index (κ3) is 3.12. The molecule has 100 valence electrons. The molecule has 0 bridgehead atoms. The van der Waals surface area contributed by atoms with E-state index in [-0.39, 0.29) is 17.7 Å². The van der Waals surface area contributed by atoms with Crippen molar-refractivity contribution in [2.24, 2.45) is 0 Å². The highest BCUT2D eigenvalue weighted by Gasteiger charge is 2.10. The smallest absolute Gasteiger partial charge is 0.338 e. The average Bonchev–Trinajstić information content (AvgIpc) is 2.45. The Kier molecular flexibility index (Phi) is 3.96. The average molecular weight is 270 g/mol. The summed E-state index contributed by atoms with van der Waals surface area (Å²) in [6.07, 6.45) is 0. The third-order valence-corrected chi connectivity index (χ3v) is 2.66. The molecule has 0 amide bonds. The van der Waals surface area contributed by atoms with Gasteiger partial charge in [-0.05, 0) is 30.3 Å². The molecular formula is C15H11FN2O2. The minimum atomic E-state index is -0.582. The van der Waals surface area contributed by atoms with E-state index < -0.39 is 11.8 Å². The molecule has 0 unspecified atom stereocenters. The summed E-state index contributed by atoms with van der Waals surface area (Å²) >= 11 is 0. The van der Waals surface area contributed by atoms with Crippen molar-refractivity contribution >= 4 is 11.7 Å². The van der Waals surface area contributed by atoms with E-state index in [0.717, 1.165) is 6.07 Å². The lowest BCUT2D eigenvalue weighted by Gasteiger charge is -2.06. The number of rotatable bonds is 3. The number of hydrogen-bond donors (Lipinski definition) is 1. The van der Waals surface area contributed by atoms with Gasteiger partial charge in [-0.1, -0.05) is 12.1 Å². The number of nitriles is 1. The number of benzene rings is 2. The van der Waals surface area contributed by atoms with E-state index in [1.54, 1.807) is 18.2 Å². The van der Waals surface area contributed by atoms with E-state index in [4.69, 9.17) is 15.7 Å². The number of nitrogen functional groups attached to an aromatic ring is 1. The van der Waals surface area contributed by atoms with Crippen LogP contribution in [-0.4, -0.2) is 5.97 Å². The first kappa shape index (κ1) is 13.6. The highest BCUT2D eigenvalue weighted by molar-refractivity contribution is 5.90. The maximum atomic E-state index is 13.6. The zero-order valence-electron chi connectivity index (χ0n) is 10.5. The normalized spacial score (nSPS) is 9.80. The van der Waals surface area contributed by atoms with Crippen molar-refractivity contribution in [3.8, 4) is 6.07 Å². The van der Waals surface area contributed by atoms with Gasteiger partial charge in [-0.25, -0.2) is 9.18 Å². The fraction of sp³-hybridized carbons (Fsp3) is 0.0667. The monoisotopic (exact) mass is 270 g/mol. The number of nitrogens with zero attached hydrogens (tertiary/aromatic N) is 1. The molecule has 0 aliphatic heterocycles. The predicted molar refractivity (Wildman–Crippen MR) is 71.1 cm³/mol. The predicted octanol–water partition coefficient (Wildman–Crippen LogP) is 2.64. The third-order valence-electron chi connectivity index (χ3n) is 2.66. The van der Waals surface area contributed by atoms with Crippen LogP contribution >= 0.6 is 0 Å². The Morgan fingerprint density at radius 2 is 2.10 bits per heavy atom. The van der Waals surface area contributed by atoms with Crippen molar-refractivity contribution in [1.82, 2.24) is 0 Å². The van der Waals surface area contributed by atoms with Crippen LogP contribution in [0.3, 0.4) is 0 Å². The Labute approximate surface area is 115 Å². The zero-order chi connectivity index (χ0) is 14.5. The SMILES string of the molecule is N#Cc1ccc(COC(=O)c2cccc(N)c2)c(F)c1. The van der Waals surface area contributed by atoms with Gasteiger partial charge in [0.05, 0.1) is 17.2 Å². The van der Waals surface area contributed by atoms with Gasteiger partial charge in [0.2, 0.25) is 0 Å². The molecule has 0 aliphatic rings. The van der Waals surface area contributed by atoms with Gasteiger partial charge in [-0.3, -0.25) is 0 Å². The fourth-order valence-electron chi connectivity index (χ4n) is 1.63. The first-order valence-corrected chi connectivity index (χ1v) is 5.81. The van der Waals surface area contributed by atoms with Crippen LogP contribution in [0, 0.1) is 17.1 Å². The number of ether oxygens (including phenoxy) is 1. The van der Waals surface area contributed by atoms with Gasteiger partial charge in [0.25, 0.3) is 0 Å². The van der Waals surface area contributed by atoms with Crippen LogP contribution in [-0.2, 0) is 11.3 Å². The van der Waals surface area contributed by atoms with E-state index >= 15 is 0 Å². The summed E-state index contributed by atoms with van der Waals surface area (Å²) in [5, 5.41) is 8.63. The van der Waals surface area contributed by atoms with Crippen molar-refractivity contribution in [3.05, 3.63) is 65.0 Å². The number of nitrogens with two attached hydrogens (primary N) is 1. The highest BCUT2D eigenvalue weighted by Crippen LogP contribution is 2.13. The largest absolute Gasteiger partial charge is 0.457 e. The van der Waals surface area contributed by atoms with Gasteiger partial charge in [-0.2, -0.15) is 5.26 Å². The number of carbonyl (C=O) groups is 1. The summed E-state index contributed by atoms with van der Waals surface area (Å²) in [6.45, 7) is -0.203. The number of hydrogen-bond acceptors (Lipinski definition) is 4. The number of halogens is 1. The van der Waals surface area contributed by atoms with Crippen LogP contribution in [0.2, 0.25) is 0 Å². The van der Waals surface area contributed by atoms with E-state index in [9.17, 15) is 9.18 Å². The van der Waals surface area contributed by atoms with Crippen molar-refractivity contribution in [2.45, 2.75) is 6.61 Å². The minimum absolute atomic E-state index is 0.203. The Morgan fingerprint density at radius 1 is 1.30 bits per heavy atom. The van der Waals surface area contributed by atoms with Crippen LogP contribution in [0.5, 0.6) is 0 Å². The first-order chi connectivity index (χ1) is 9.60. The number of esters is 1. The van der Waals surface area contributed by atoms with E-state index in [1.165, 1.54) is 18.2 Å². The summed E-state index contributed by atoms with van der Waals surface area (Å²) in [7, 11) is 0. The van der Waals surface area contributed by atoms with Crippen LogP contribution in [0.4, 0.5) is 10.1 Å². The molecule has 2 N–H and O–H groups in total. The lowest BCUT2D eigenvalue weighted by atomic mass is 10.1. The summed E-state index contributed by atoms with van der Waals surface area (Å²) in [5.41, 5.74) is 6.74. The summed E-state index contributed by atoms with van der Waals surface area (Å²) in [4.78, 5) is 11.8. The van der Waals surface area contributed by atoms with Gasteiger partial charge < -0.3 is 10.5 Å². The quantitative estimate of drug-likeness (QED) is 0.687. The van der Waals surface area contributed by atoms with Gasteiger partial charge in [-0.15, -0.1) is 0 Å². The molecule has 0 spiro atoms. The van der Waals surface area contributed by atoms with Gasteiger partial charge in [0.1, 0.15) is 12.4 Å². The molecule has 0 saturated carbocycles. The van der Waals surface area contributed by atoms with Gasteiger partial charge >= 0.3 is 5.97 Å². The molecule has 20 heavy (non-hydrogen) atoms. The topological polar surface area (TPSA) is 76.1 Å². The lowest BCUT2D eigenvalue weighted by Crippen LogP contribution is -2.06.